The molecule has 2 heterocycles. The van der Waals surface area contributed by atoms with Gasteiger partial charge in [-0.05, 0) is 36.6 Å². The van der Waals surface area contributed by atoms with Gasteiger partial charge in [0.2, 0.25) is 5.91 Å². The van der Waals surface area contributed by atoms with E-state index in [2.05, 4.69) is 27.8 Å². The molecule has 0 saturated carbocycles. The monoisotopic (exact) mass is 468 g/mol. The molecule has 2 N–H and O–H groups in total. The van der Waals surface area contributed by atoms with E-state index in [4.69, 9.17) is 4.42 Å². The summed E-state index contributed by atoms with van der Waals surface area (Å²) < 4.78 is 5.30. The Morgan fingerprint density at radius 1 is 1.19 bits per heavy atom. The molecule has 1 amide bonds. The van der Waals surface area contributed by atoms with Crippen molar-refractivity contribution in [3.05, 3.63) is 59.5 Å². The highest BCUT2D eigenvalue weighted by Gasteiger charge is 2.19. The molecule has 140 valence electrons. The number of benzene rings is 1. The molecule has 6 nitrogen and oxygen atoms in total. The van der Waals surface area contributed by atoms with Crippen LogP contribution in [0.5, 0.6) is 0 Å². The van der Waals surface area contributed by atoms with Gasteiger partial charge in [-0.3, -0.25) is 4.79 Å². The smallest absolute Gasteiger partial charge is 0.244 e. The lowest BCUT2D eigenvalue weighted by Crippen LogP contribution is -2.40. The number of hydrogen-bond donors (Lipinski definition) is 2. The third kappa shape index (κ3) is 5.48. The predicted molar refractivity (Wildman–Crippen MR) is 113 cm³/mol. The van der Waals surface area contributed by atoms with E-state index in [-0.39, 0.29) is 36.4 Å². The van der Waals surface area contributed by atoms with Gasteiger partial charge < -0.3 is 20.0 Å². The lowest BCUT2D eigenvalue weighted by Gasteiger charge is -2.28. The van der Waals surface area contributed by atoms with E-state index in [9.17, 15) is 4.79 Å². The second-order valence-corrected chi connectivity index (χ2v) is 5.96. The van der Waals surface area contributed by atoms with E-state index >= 15 is 0 Å². The Balaban J connectivity index is 0.00000243. The van der Waals surface area contributed by atoms with Crippen LogP contribution in [-0.2, 0) is 24.3 Å². The minimum atomic E-state index is 0. The highest BCUT2D eigenvalue weighted by atomic mass is 127. The second-order valence-electron chi connectivity index (χ2n) is 5.96. The fourth-order valence-corrected chi connectivity index (χ4v) is 2.88. The largest absolute Gasteiger partial charge is 0.467 e. The third-order valence-corrected chi connectivity index (χ3v) is 4.21. The van der Waals surface area contributed by atoms with Crippen LogP contribution in [0.4, 0.5) is 0 Å². The van der Waals surface area contributed by atoms with Crippen LogP contribution in [0.3, 0.4) is 0 Å². The molecule has 7 heteroatoms. The maximum absolute atomic E-state index is 12.5. The van der Waals surface area contributed by atoms with Crippen LogP contribution in [0.2, 0.25) is 0 Å². The summed E-state index contributed by atoms with van der Waals surface area (Å²) in [7, 11) is 0. The van der Waals surface area contributed by atoms with Gasteiger partial charge in [0, 0.05) is 19.6 Å². The zero-order valence-corrected chi connectivity index (χ0v) is 17.2. The Kier molecular flexibility index (Phi) is 7.96. The topological polar surface area (TPSA) is 69.9 Å². The first-order valence-electron chi connectivity index (χ1n) is 8.65. The molecule has 0 saturated heterocycles. The Bertz CT molecular complexity index is 731. The van der Waals surface area contributed by atoms with Gasteiger partial charge in [0.15, 0.2) is 5.96 Å². The summed E-state index contributed by atoms with van der Waals surface area (Å²) in [6.07, 6.45) is 2.54. The summed E-state index contributed by atoms with van der Waals surface area (Å²) in [4.78, 5) is 18.8. The summed E-state index contributed by atoms with van der Waals surface area (Å²) >= 11 is 0. The average molecular weight is 468 g/mol. The number of hydrogen-bond acceptors (Lipinski definition) is 3. The molecule has 0 atom stereocenters. The van der Waals surface area contributed by atoms with Crippen LogP contribution in [-0.4, -0.2) is 36.4 Å². The normalized spacial score (nSPS) is 13.6. The van der Waals surface area contributed by atoms with Crippen molar-refractivity contribution in [3.63, 3.8) is 0 Å². The molecule has 0 spiro atoms. The number of guanidine groups is 1. The Morgan fingerprint density at radius 2 is 2.00 bits per heavy atom. The van der Waals surface area contributed by atoms with Crippen molar-refractivity contribution in [3.8, 4) is 0 Å². The summed E-state index contributed by atoms with van der Waals surface area (Å²) in [5, 5.41) is 6.32. The minimum absolute atomic E-state index is 0. The molecule has 0 aliphatic carbocycles. The number of nitrogens with one attached hydrogen (secondary N) is 2. The van der Waals surface area contributed by atoms with Crippen molar-refractivity contribution in [1.29, 1.82) is 0 Å². The SMILES string of the molecule is CCNC(=NCC(=O)N1CCc2ccccc2C1)NCc1ccco1.I. The fourth-order valence-electron chi connectivity index (χ4n) is 2.88. The third-order valence-electron chi connectivity index (χ3n) is 4.21. The number of carbonyl (C=O) groups excluding carboxylic acids is 1. The number of nitrogens with zero attached hydrogens (tertiary/aromatic N) is 2. The Morgan fingerprint density at radius 3 is 2.73 bits per heavy atom. The van der Waals surface area contributed by atoms with Crippen LogP contribution in [0, 0.1) is 0 Å². The van der Waals surface area contributed by atoms with Gasteiger partial charge in [0.05, 0.1) is 12.8 Å². The van der Waals surface area contributed by atoms with Crippen LogP contribution >= 0.6 is 24.0 Å². The fraction of sp³-hybridized carbons (Fsp3) is 0.368. The maximum atomic E-state index is 12.5. The van der Waals surface area contributed by atoms with Gasteiger partial charge >= 0.3 is 0 Å². The number of fused-ring (bicyclic) bond motifs is 1. The zero-order chi connectivity index (χ0) is 17.5. The molecule has 0 bridgehead atoms. The van der Waals surface area contributed by atoms with Gasteiger partial charge in [0.25, 0.3) is 0 Å². The van der Waals surface area contributed by atoms with Gasteiger partial charge in [0.1, 0.15) is 12.3 Å². The number of halogens is 1. The summed E-state index contributed by atoms with van der Waals surface area (Å²) in [6.45, 7) is 4.81. The van der Waals surface area contributed by atoms with E-state index in [0.717, 1.165) is 25.3 Å². The van der Waals surface area contributed by atoms with Crippen molar-refractivity contribution >= 4 is 35.8 Å². The van der Waals surface area contributed by atoms with Crippen LogP contribution in [0.15, 0.2) is 52.1 Å². The van der Waals surface area contributed by atoms with E-state index < -0.39 is 0 Å². The molecular weight excluding hydrogens is 443 g/mol. The van der Waals surface area contributed by atoms with Crippen molar-refractivity contribution < 1.29 is 9.21 Å². The molecule has 0 fully saturated rings. The zero-order valence-electron chi connectivity index (χ0n) is 14.9. The van der Waals surface area contributed by atoms with Crippen LogP contribution < -0.4 is 10.6 Å². The first kappa shape index (κ1) is 20.3. The van der Waals surface area contributed by atoms with Crippen molar-refractivity contribution in [1.82, 2.24) is 15.5 Å². The first-order valence-corrected chi connectivity index (χ1v) is 8.65. The highest BCUT2D eigenvalue weighted by Crippen LogP contribution is 2.18. The number of amides is 1. The molecule has 1 aromatic heterocycles. The number of rotatable bonds is 5. The molecule has 2 aromatic rings. The molecule has 0 unspecified atom stereocenters. The number of carbonyl (C=O) groups is 1. The lowest BCUT2D eigenvalue weighted by molar-refractivity contribution is -0.130. The minimum Gasteiger partial charge on any atom is -0.467 e. The van der Waals surface area contributed by atoms with E-state index in [1.807, 2.05) is 36.1 Å². The van der Waals surface area contributed by atoms with Crippen LogP contribution in [0.1, 0.15) is 23.8 Å². The lowest BCUT2D eigenvalue weighted by atomic mass is 10.00. The molecule has 1 aromatic carbocycles. The number of aliphatic imine (C=N–C) groups is 1. The van der Waals surface area contributed by atoms with Crippen molar-refractivity contribution in [2.24, 2.45) is 4.99 Å². The van der Waals surface area contributed by atoms with Crippen LogP contribution in [0.25, 0.3) is 0 Å². The van der Waals surface area contributed by atoms with Gasteiger partial charge in [-0.1, -0.05) is 24.3 Å². The molecule has 1 aliphatic rings. The summed E-state index contributed by atoms with van der Waals surface area (Å²) in [6, 6.07) is 12.0. The van der Waals surface area contributed by atoms with E-state index in [0.29, 0.717) is 19.0 Å². The van der Waals surface area contributed by atoms with E-state index in [1.165, 1.54) is 11.1 Å². The van der Waals surface area contributed by atoms with Crippen molar-refractivity contribution in [2.75, 3.05) is 19.6 Å². The van der Waals surface area contributed by atoms with E-state index in [1.54, 1.807) is 6.26 Å². The summed E-state index contributed by atoms with van der Waals surface area (Å²) in [5.74, 6) is 1.49. The highest BCUT2D eigenvalue weighted by molar-refractivity contribution is 14.0. The maximum Gasteiger partial charge on any atom is 0.244 e. The standard InChI is InChI=1S/C19H24N4O2.HI/c1-2-20-19(21-12-17-8-5-11-25-17)22-13-18(24)23-10-9-15-6-3-4-7-16(15)14-23;/h3-8,11H,2,9-10,12-14H2,1H3,(H2,20,21,22);1H. The molecule has 3 rings (SSSR count). The number of furan rings is 1. The molecule has 26 heavy (non-hydrogen) atoms. The Hall–Kier alpha value is -2.03. The Labute approximate surface area is 171 Å². The van der Waals surface area contributed by atoms with Gasteiger partial charge in [-0.25, -0.2) is 4.99 Å². The quantitative estimate of drug-likeness (QED) is 0.402. The average Bonchev–Trinajstić information content (AvgIpc) is 3.17. The molecule has 0 radical (unpaired) electrons. The predicted octanol–water partition coefficient (Wildman–Crippen LogP) is 2.54. The van der Waals surface area contributed by atoms with Gasteiger partial charge in [-0.2, -0.15) is 0 Å². The second kappa shape index (κ2) is 10.2. The molecular formula is C19H25IN4O2. The van der Waals surface area contributed by atoms with Crippen molar-refractivity contribution in [2.45, 2.75) is 26.4 Å². The molecule has 1 aliphatic heterocycles. The summed E-state index contributed by atoms with van der Waals surface area (Å²) in [5.41, 5.74) is 2.57. The van der Waals surface area contributed by atoms with Gasteiger partial charge in [-0.15, -0.1) is 24.0 Å². The first-order chi connectivity index (χ1) is 12.3.